The molecule has 0 aliphatic heterocycles. The van der Waals surface area contributed by atoms with Crippen LogP contribution in [-0.2, 0) is 0 Å². The van der Waals surface area contributed by atoms with Gasteiger partial charge >= 0.3 is 5.97 Å². The summed E-state index contributed by atoms with van der Waals surface area (Å²) in [5.74, 6) is 0.102. The Kier molecular flexibility index (Phi) is 7.72. The molecule has 0 radical (unpaired) electrons. The predicted octanol–water partition coefficient (Wildman–Crippen LogP) is 5.83. The van der Waals surface area contributed by atoms with Crippen LogP contribution in [0.25, 0.3) is 10.6 Å². The molecule has 2 aromatic rings. The topological polar surface area (TPSA) is 68.7 Å². The van der Waals surface area contributed by atoms with Crippen LogP contribution in [0, 0.1) is 6.92 Å². The molecule has 0 unspecified atom stereocenters. The lowest BCUT2D eigenvalue weighted by Crippen LogP contribution is -2.02. The van der Waals surface area contributed by atoms with Gasteiger partial charge in [-0.2, -0.15) is 0 Å². The first kappa shape index (κ1) is 20.5. The van der Waals surface area contributed by atoms with Gasteiger partial charge in [-0.15, -0.1) is 11.3 Å². The van der Waals surface area contributed by atoms with Crippen molar-refractivity contribution in [1.82, 2.24) is 4.98 Å². The number of hydrogen-bond acceptors (Lipinski definition) is 5. The maximum absolute atomic E-state index is 11.2. The van der Waals surface area contributed by atoms with Crippen molar-refractivity contribution in [2.24, 2.45) is 0 Å². The Hall–Kier alpha value is -1.79. The van der Waals surface area contributed by atoms with Crippen molar-refractivity contribution in [2.45, 2.75) is 46.5 Å². The molecule has 0 saturated heterocycles. The molecule has 26 heavy (non-hydrogen) atoms. The van der Waals surface area contributed by atoms with Crippen molar-refractivity contribution >= 4 is 28.9 Å². The molecule has 0 fully saturated rings. The number of aromatic nitrogens is 1. The largest absolute Gasteiger partial charge is 0.490 e. The standard InChI is InChI=1S/C19H24ClNO4S/c1-4-6-7-8-9-25-16-14(20)10-13(11-15(16)24-5-2)18-21-12(3)17(26-18)19(22)23/h10-11H,4-9H2,1-3H3,(H,22,23). The first-order valence-electron chi connectivity index (χ1n) is 8.78. The molecular formula is C19H24ClNO4S. The molecular weight excluding hydrogens is 374 g/mol. The number of thiazole rings is 1. The van der Waals surface area contributed by atoms with E-state index in [1.807, 2.05) is 6.92 Å². The third-order valence-electron chi connectivity index (χ3n) is 3.79. The lowest BCUT2D eigenvalue weighted by Gasteiger charge is -2.14. The molecule has 0 amide bonds. The summed E-state index contributed by atoms with van der Waals surface area (Å²) in [5, 5.41) is 10.3. The molecule has 1 aromatic heterocycles. The fourth-order valence-corrected chi connectivity index (χ4v) is 3.67. The Bertz CT molecular complexity index is 760. The van der Waals surface area contributed by atoms with E-state index >= 15 is 0 Å². The summed E-state index contributed by atoms with van der Waals surface area (Å²) in [6.45, 7) is 6.80. The number of carboxylic acid groups (broad SMARTS) is 1. The van der Waals surface area contributed by atoms with Gasteiger partial charge in [0, 0.05) is 5.56 Å². The van der Waals surface area contributed by atoms with Crippen LogP contribution in [0.4, 0.5) is 0 Å². The molecule has 1 heterocycles. The van der Waals surface area contributed by atoms with Crippen LogP contribution in [0.2, 0.25) is 5.02 Å². The monoisotopic (exact) mass is 397 g/mol. The third-order valence-corrected chi connectivity index (χ3v) is 5.27. The summed E-state index contributed by atoms with van der Waals surface area (Å²) in [5.41, 5.74) is 1.21. The number of halogens is 1. The quantitative estimate of drug-likeness (QED) is 0.511. The van der Waals surface area contributed by atoms with Gasteiger partial charge in [0.15, 0.2) is 11.5 Å². The van der Waals surface area contributed by atoms with Crippen molar-refractivity contribution < 1.29 is 19.4 Å². The van der Waals surface area contributed by atoms with E-state index in [1.54, 1.807) is 19.1 Å². The van der Waals surface area contributed by atoms with Gasteiger partial charge in [0.2, 0.25) is 0 Å². The second-order valence-corrected chi connectivity index (χ2v) is 7.27. The van der Waals surface area contributed by atoms with Crippen molar-refractivity contribution in [2.75, 3.05) is 13.2 Å². The molecule has 0 aliphatic rings. The minimum Gasteiger partial charge on any atom is -0.490 e. The van der Waals surface area contributed by atoms with E-state index in [0.29, 0.717) is 40.4 Å². The minimum absolute atomic E-state index is 0.227. The molecule has 1 aromatic carbocycles. The number of unbranched alkanes of at least 4 members (excludes halogenated alkanes) is 3. The number of aromatic carboxylic acids is 1. The van der Waals surface area contributed by atoms with Gasteiger partial charge in [-0.25, -0.2) is 9.78 Å². The average molecular weight is 398 g/mol. The van der Waals surface area contributed by atoms with E-state index in [0.717, 1.165) is 29.7 Å². The van der Waals surface area contributed by atoms with Crippen LogP contribution < -0.4 is 9.47 Å². The number of benzene rings is 1. The van der Waals surface area contributed by atoms with E-state index in [1.165, 1.54) is 12.8 Å². The third kappa shape index (κ3) is 5.11. The molecule has 0 atom stereocenters. The Morgan fingerprint density at radius 1 is 1.23 bits per heavy atom. The van der Waals surface area contributed by atoms with E-state index in [2.05, 4.69) is 11.9 Å². The molecule has 0 bridgehead atoms. The molecule has 7 heteroatoms. The van der Waals surface area contributed by atoms with Crippen LogP contribution in [0.1, 0.15) is 54.9 Å². The Labute approximate surface area is 162 Å². The Morgan fingerprint density at radius 2 is 2.00 bits per heavy atom. The van der Waals surface area contributed by atoms with Crippen LogP contribution in [-0.4, -0.2) is 29.3 Å². The highest BCUT2D eigenvalue weighted by Gasteiger charge is 2.19. The average Bonchev–Trinajstić information content (AvgIpc) is 2.99. The van der Waals surface area contributed by atoms with Crippen LogP contribution in [0.5, 0.6) is 11.5 Å². The first-order valence-corrected chi connectivity index (χ1v) is 9.97. The lowest BCUT2D eigenvalue weighted by atomic mass is 10.2. The molecule has 0 aliphatic carbocycles. The number of rotatable bonds is 10. The second kappa shape index (κ2) is 9.78. The highest BCUT2D eigenvalue weighted by atomic mass is 35.5. The summed E-state index contributed by atoms with van der Waals surface area (Å²) in [4.78, 5) is 15.8. The molecule has 142 valence electrons. The van der Waals surface area contributed by atoms with Gasteiger partial charge in [-0.3, -0.25) is 0 Å². The second-order valence-electron chi connectivity index (χ2n) is 5.87. The maximum Gasteiger partial charge on any atom is 0.347 e. The summed E-state index contributed by atoms with van der Waals surface area (Å²) in [6, 6.07) is 3.55. The van der Waals surface area contributed by atoms with E-state index in [9.17, 15) is 9.90 Å². The number of carboxylic acids is 1. The van der Waals surface area contributed by atoms with Gasteiger partial charge in [-0.1, -0.05) is 37.8 Å². The molecule has 5 nitrogen and oxygen atoms in total. The zero-order chi connectivity index (χ0) is 19.1. The van der Waals surface area contributed by atoms with Crippen molar-refractivity contribution in [3.05, 3.63) is 27.7 Å². The molecule has 2 rings (SSSR count). The SMILES string of the molecule is CCCCCCOc1c(Cl)cc(-c2nc(C)c(C(=O)O)s2)cc1OCC. The first-order chi connectivity index (χ1) is 12.5. The van der Waals surface area contributed by atoms with Gasteiger partial charge in [-0.05, 0) is 32.4 Å². The number of ether oxygens (including phenoxy) is 2. The van der Waals surface area contributed by atoms with Gasteiger partial charge < -0.3 is 14.6 Å². The summed E-state index contributed by atoms with van der Waals surface area (Å²) in [7, 11) is 0. The predicted molar refractivity (Wildman–Crippen MR) is 105 cm³/mol. The number of aryl methyl sites for hydroxylation is 1. The maximum atomic E-state index is 11.2. The normalized spacial score (nSPS) is 10.8. The van der Waals surface area contributed by atoms with Crippen molar-refractivity contribution in [1.29, 1.82) is 0 Å². The fourth-order valence-electron chi connectivity index (χ4n) is 2.52. The lowest BCUT2D eigenvalue weighted by molar-refractivity contribution is 0.0701. The zero-order valence-electron chi connectivity index (χ0n) is 15.3. The zero-order valence-corrected chi connectivity index (χ0v) is 16.9. The van der Waals surface area contributed by atoms with Gasteiger partial charge in [0.25, 0.3) is 0 Å². The van der Waals surface area contributed by atoms with Gasteiger partial charge in [0.05, 0.1) is 23.9 Å². The molecule has 0 spiro atoms. The number of carbonyl (C=O) groups is 1. The number of hydrogen-bond donors (Lipinski definition) is 1. The van der Waals surface area contributed by atoms with E-state index < -0.39 is 5.97 Å². The Morgan fingerprint density at radius 3 is 2.62 bits per heavy atom. The highest BCUT2D eigenvalue weighted by molar-refractivity contribution is 7.17. The van der Waals surface area contributed by atoms with E-state index in [4.69, 9.17) is 21.1 Å². The number of nitrogens with zero attached hydrogens (tertiary/aromatic N) is 1. The summed E-state index contributed by atoms with van der Waals surface area (Å²) >= 11 is 7.55. The smallest absolute Gasteiger partial charge is 0.347 e. The van der Waals surface area contributed by atoms with Crippen LogP contribution in [0.15, 0.2) is 12.1 Å². The minimum atomic E-state index is -0.977. The molecule has 0 saturated carbocycles. The summed E-state index contributed by atoms with van der Waals surface area (Å²) in [6.07, 6.45) is 4.44. The van der Waals surface area contributed by atoms with Crippen molar-refractivity contribution in [3.63, 3.8) is 0 Å². The van der Waals surface area contributed by atoms with Crippen molar-refractivity contribution in [3.8, 4) is 22.1 Å². The Balaban J connectivity index is 2.27. The molecule has 1 N–H and O–H groups in total. The van der Waals surface area contributed by atoms with E-state index in [-0.39, 0.29) is 4.88 Å². The van der Waals surface area contributed by atoms with Crippen LogP contribution >= 0.6 is 22.9 Å². The summed E-state index contributed by atoms with van der Waals surface area (Å²) < 4.78 is 11.6. The van der Waals surface area contributed by atoms with Gasteiger partial charge in [0.1, 0.15) is 9.88 Å². The van der Waals surface area contributed by atoms with Crippen LogP contribution in [0.3, 0.4) is 0 Å². The highest BCUT2D eigenvalue weighted by Crippen LogP contribution is 2.41. The fraction of sp³-hybridized carbons (Fsp3) is 0.474.